The highest BCUT2D eigenvalue weighted by Crippen LogP contribution is 2.34. The van der Waals surface area contributed by atoms with Crippen molar-refractivity contribution in [2.45, 2.75) is 25.9 Å². The summed E-state index contributed by atoms with van der Waals surface area (Å²) in [5, 5.41) is 3.13. The van der Waals surface area contributed by atoms with Gasteiger partial charge in [0, 0.05) is 33.7 Å². The van der Waals surface area contributed by atoms with Gasteiger partial charge in [0.2, 0.25) is 0 Å². The predicted molar refractivity (Wildman–Crippen MR) is 92.3 cm³/mol. The Kier molecular flexibility index (Phi) is 4.59. The number of rotatable bonds is 3. The van der Waals surface area contributed by atoms with Gasteiger partial charge in [0.15, 0.2) is 0 Å². The molecule has 1 atom stereocenters. The molecule has 0 aliphatic carbocycles. The van der Waals surface area contributed by atoms with E-state index in [1.807, 2.05) is 42.0 Å². The number of benzene rings is 1. The maximum absolute atomic E-state index is 12.6. The molecule has 22 heavy (non-hydrogen) atoms. The van der Waals surface area contributed by atoms with Crippen molar-refractivity contribution < 1.29 is 9.53 Å². The van der Waals surface area contributed by atoms with E-state index < -0.39 is 0 Å². The van der Waals surface area contributed by atoms with Gasteiger partial charge in [-0.25, -0.2) is 0 Å². The fourth-order valence-electron chi connectivity index (χ4n) is 2.67. The molecule has 1 unspecified atom stereocenters. The summed E-state index contributed by atoms with van der Waals surface area (Å²) < 4.78 is 9.49. The zero-order valence-electron chi connectivity index (χ0n) is 12.1. The number of aromatic nitrogens is 1. The fraction of sp³-hybridized carbons (Fsp3) is 0.312. The van der Waals surface area contributed by atoms with E-state index in [4.69, 9.17) is 4.74 Å². The van der Waals surface area contributed by atoms with Crippen molar-refractivity contribution in [1.29, 1.82) is 0 Å². The van der Waals surface area contributed by atoms with Crippen LogP contribution in [0.5, 0.6) is 5.75 Å². The Bertz CT molecular complexity index is 712. The average Bonchev–Trinajstić information content (AvgIpc) is 2.89. The standard InChI is InChI=1S/C16H16Br2N2O2/c1-2-20-9-11(18)8-14(20)16(21)19-13-5-6-22-15-4-3-10(17)7-12(13)15/h3-4,7-9,13H,2,5-6H2,1H3,(H,19,21). The zero-order chi connectivity index (χ0) is 15.7. The van der Waals surface area contributed by atoms with Crippen LogP contribution in [-0.2, 0) is 6.54 Å². The monoisotopic (exact) mass is 426 g/mol. The van der Waals surface area contributed by atoms with Crippen molar-refractivity contribution >= 4 is 37.8 Å². The Balaban J connectivity index is 1.85. The summed E-state index contributed by atoms with van der Waals surface area (Å²) in [4.78, 5) is 12.6. The van der Waals surface area contributed by atoms with Gasteiger partial charge in [0.25, 0.3) is 5.91 Å². The Morgan fingerprint density at radius 2 is 2.18 bits per heavy atom. The number of halogens is 2. The van der Waals surface area contributed by atoms with Crippen molar-refractivity contribution in [2.24, 2.45) is 0 Å². The van der Waals surface area contributed by atoms with Gasteiger partial charge in [-0.1, -0.05) is 15.9 Å². The summed E-state index contributed by atoms with van der Waals surface area (Å²) >= 11 is 6.90. The lowest BCUT2D eigenvalue weighted by atomic mass is 10.0. The number of hydrogen-bond acceptors (Lipinski definition) is 2. The number of carbonyl (C=O) groups is 1. The number of hydrogen-bond donors (Lipinski definition) is 1. The average molecular weight is 428 g/mol. The third-order valence-electron chi connectivity index (χ3n) is 3.75. The fourth-order valence-corrected chi connectivity index (χ4v) is 3.52. The highest BCUT2D eigenvalue weighted by atomic mass is 79.9. The molecule has 2 aromatic rings. The highest BCUT2D eigenvalue weighted by molar-refractivity contribution is 9.10. The number of ether oxygens (including phenoxy) is 1. The molecule has 0 saturated heterocycles. The lowest BCUT2D eigenvalue weighted by molar-refractivity contribution is 0.0915. The van der Waals surface area contributed by atoms with E-state index in [1.165, 1.54) is 0 Å². The van der Waals surface area contributed by atoms with E-state index in [0.717, 1.165) is 33.2 Å². The van der Waals surface area contributed by atoms with Gasteiger partial charge >= 0.3 is 0 Å². The van der Waals surface area contributed by atoms with Crippen LogP contribution in [0.1, 0.15) is 35.4 Å². The normalized spacial score (nSPS) is 16.8. The van der Waals surface area contributed by atoms with E-state index in [0.29, 0.717) is 12.3 Å². The largest absolute Gasteiger partial charge is 0.493 e. The first-order valence-electron chi connectivity index (χ1n) is 7.17. The van der Waals surface area contributed by atoms with Gasteiger partial charge in [0.1, 0.15) is 11.4 Å². The van der Waals surface area contributed by atoms with E-state index in [1.54, 1.807) is 0 Å². The number of nitrogens with one attached hydrogen (secondary N) is 1. The second-order valence-electron chi connectivity index (χ2n) is 5.17. The second kappa shape index (κ2) is 6.46. The van der Waals surface area contributed by atoms with Gasteiger partial charge in [-0.2, -0.15) is 0 Å². The van der Waals surface area contributed by atoms with Crippen LogP contribution in [0.4, 0.5) is 0 Å². The first-order valence-corrected chi connectivity index (χ1v) is 8.76. The van der Waals surface area contributed by atoms with E-state index >= 15 is 0 Å². The Morgan fingerprint density at radius 1 is 1.36 bits per heavy atom. The molecule has 116 valence electrons. The van der Waals surface area contributed by atoms with E-state index in [2.05, 4.69) is 37.2 Å². The maximum atomic E-state index is 12.6. The number of amides is 1. The first-order chi connectivity index (χ1) is 10.6. The Labute approximate surface area is 146 Å². The molecule has 1 aliphatic rings. The van der Waals surface area contributed by atoms with Crippen molar-refractivity contribution in [3.8, 4) is 5.75 Å². The molecule has 1 amide bonds. The molecule has 2 heterocycles. The Hall–Kier alpha value is -1.27. The van der Waals surface area contributed by atoms with Crippen LogP contribution in [0, 0.1) is 0 Å². The molecule has 0 bridgehead atoms. The van der Waals surface area contributed by atoms with Crippen LogP contribution >= 0.6 is 31.9 Å². The predicted octanol–water partition coefficient (Wildman–Crippen LogP) is 4.29. The van der Waals surface area contributed by atoms with Crippen LogP contribution in [0.25, 0.3) is 0 Å². The molecule has 6 heteroatoms. The molecular weight excluding hydrogens is 412 g/mol. The molecule has 1 aliphatic heterocycles. The van der Waals surface area contributed by atoms with Crippen LogP contribution in [0.3, 0.4) is 0 Å². The first kappa shape index (κ1) is 15.6. The summed E-state index contributed by atoms with van der Waals surface area (Å²) in [6.45, 7) is 3.38. The van der Waals surface area contributed by atoms with Crippen molar-refractivity contribution in [1.82, 2.24) is 9.88 Å². The topological polar surface area (TPSA) is 43.3 Å². The van der Waals surface area contributed by atoms with Gasteiger partial charge in [0.05, 0.1) is 12.6 Å². The summed E-state index contributed by atoms with van der Waals surface area (Å²) in [6.07, 6.45) is 2.69. The van der Waals surface area contributed by atoms with Crippen LogP contribution in [0.15, 0.2) is 39.4 Å². The molecule has 0 saturated carbocycles. The van der Waals surface area contributed by atoms with Crippen molar-refractivity contribution in [3.05, 3.63) is 50.7 Å². The van der Waals surface area contributed by atoms with Crippen molar-refractivity contribution in [3.63, 3.8) is 0 Å². The van der Waals surface area contributed by atoms with Crippen LogP contribution in [-0.4, -0.2) is 17.1 Å². The zero-order valence-corrected chi connectivity index (χ0v) is 15.3. The van der Waals surface area contributed by atoms with Crippen LogP contribution < -0.4 is 10.1 Å². The number of fused-ring (bicyclic) bond motifs is 1. The lowest BCUT2D eigenvalue weighted by Crippen LogP contribution is -2.33. The molecule has 4 nitrogen and oxygen atoms in total. The number of aryl methyl sites for hydroxylation is 1. The minimum Gasteiger partial charge on any atom is -0.493 e. The summed E-state index contributed by atoms with van der Waals surface area (Å²) in [6, 6.07) is 7.70. The van der Waals surface area contributed by atoms with E-state index in [-0.39, 0.29) is 11.9 Å². The van der Waals surface area contributed by atoms with E-state index in [9.17, 15) is 4.79 Å². The number of carbonyl (C=O) groups excluding carboxylic acids is 1. The second-order valence-corrected chi connectivity index (χ2v) is 7.01. The molecule has 0 fully saturated rings. The quantitative estimate of drug-likeness (QED) is 0.793. The number of nitrogens with zero attached hydrogens (tertiary/aromatic N) is 1. The van der Waals surface area contributed by atoms with Crippen molar-refractivity contribution in [2.75, 3.05) is 6.61 Å². The lowest BCUT2D eigenvalue weighted by Gasteiger charge is -2.27. The third kappa shape index (κ3) is 3.08. The molecule has 1 aromatic heterocycles. The summed E-state index contributed by atoms with van der Waals surface area (Å²) in [5.74, 6) is 0.775. The molecular formula is C16H16Br2N2O2. The summed E-state index contributed by atoms with van der Waals surface area (Å²) in [5.41, 5.74) is 1.68. The van der Waals surface area contributed by atoms with Gasteiger partial charge in [-0.3, -0.25) is 4.79 Å². The molecule has 1 aromatic carbocycles. The minimum absolute atomic E-state index is 0.0345. The molecule has 0 radical (unpaired) electrons. The molecule has 3 rings (SSSR count). The molecule has 1 N–H and O–H groups in total. The van der Waals surface area contributed by atoms with Gasteiger partial charge < -0.3 is 14.6 Å². The van der Waals surface area contributed by atoms with Gasteiger partial charge in [-0.05, 0) is 47.1 Å². The highest BCUT2D eigenvalue weighted by Gasteiger charge is 2.24. The van der Waals surface area contributed by atoms with Gasteiger partial charge in [-0.15, -0.1) is 0 Å². The Morgan fingerprint density at radius 3 is 2.95 bits per heavy atom. The summed E-state index contributed by atoms with van der Waals surface area (Å²) in [7, 11) is 0. The van der Waals surface area contributed by atoms with Crippen LogP contribution in [0.2, 0.25) is 0 Å². The maximum Gasteiger partial charge on any atom is 0.268 e. The smallest absolute Gasteiger partial charge is 0.268 e. The minimum atomic E-state index is -0.0645. The third-order valence-corrected chi connectivity index (χ3v) is 4.68. The SMILES string of the molecule is CCn1cc(Br)cc1C(=O)NC1CCOc2ccc(Br)cc21. The molecule has 0 spiro atoms.